The maximum Gasteiger partial charge on any atom is 0.159 e. The largest absolute Gasteiger partial charge is 0.256 e. The zero-order chi connectivity index (χ0) is 26.7. The Balaban J connectivity index is 1.28. The van der Waals surface area contributed by atoms with Gasteiger partial charge in [0.1, 0.15) is 0 Å². The standard InChI is InChI=1S/C37H25N3/c1-3-9-26(10-4-1)31-23-32(27-11-5-2-6-12-27)25-33(24-31)35-20-22-39-37(40-35)30-18-16-28(17-19-30)34-15-7-13-29-14-8-21-38-36(29)34/h1-25H. The van der Waals surface area contributed by atoms with E-state index in [-0.39, 0.29) is 0 Å². The Morgan fingerprint density at radius 3 is 1.70 bits per heavy atom. The molecule has 0 bridgehead atoms. The first kappa shape index (κ1) is 23.7. The van der Waals surface area contributed by atoms with Gasteiger partial charge in [-0.3, -0.25) is 4.98 Å². The summed E-state index contributed by atoms with van der Waals surface area (Å²) >= 11 is 0. The third-order valence-corrected chi connectivity index (χ3v) is 7.19. The third kappa shape index (κ3) is 4.65. The first-order valence-corrected chi connectivity index (χ1v) is 13.4. The highest BCUT2D eigenvalue weighted by molar-refractivity contribution is 5.93. The number of rotatable bonds is 5. The van der Waals surface area contributed by atoms with E-state index in [1.807, 2.05) is 36.7 Å². The average Bonchev–Trinajstić information content (AvgIpc) is 3.05. The van der Waals surface area contributed by atoms with E-state index in [9.17, 15) is 0 Å². The molecule has 0 aliphatic rings. The highest BCUT2D eigenvalue weighted by Crippen LogP contribution is 2.33. The molecule has 0 aliphatic carbocycles. The molecule has 0 atom stereocenters. The summed E-state index contributed by atoms with van der Waals surface area (Å²) in [6.45, 7) is 0. The second-order valence-electron chi connectivity index (χ2n) is 9.75. The molecule has 5 aromatic carbocycles. The predicted octanol–water partition coefficient (Wildman–Crippen LogP) is 9.36. The Hall–Kier alpha value is -5.41. The predicted molar refractivity (Wildman–Crippen MR) is 165 cm³/mol. The van der Waals surface area contributed by atoms with Crippen molar-refractivity contribution >= 4 is 10.9 Å². The van der Waals surface area contributed by atoms with Gasteiger partial charge in [-0.25, -0.2) is 9.97 Å². The minimum atomic E-state index is 0.700. The van der Waals surface area contributed by atoms with Crippen molar-refractivity contribution in [3.05, 3.63) is 152 Å². The van der Waals surface area contributed by atoms with Gasteiger partial charge in [0.2, 0.25) is 0 Å². The number of benzene rings is 5. The average molecular weight is 512 g/mol. The van der Waals surface area contributed by atoms with Crippen LogP contribution in [0.4, 0.5) is 0 Å². The van der Waals surface area contributed by atoms with Crippen LogP contribution >= 0.6 is 0 Å². The molecular weight excluding hydrogens is 486 g/mol. The summed E-state index contributed by atoms with van der Waals surface area (Å²) < 4.78 is 0. The van der Waals surface area contributed by atoms with Crippen LogP contribution in [0, 0.1) is 0 Å². The Labute approximate surface area is 233 Å². The van der Waals surface area contributed by atoms with Crippen LogP contribution in [0.2, 0.25) is 0 Å². The first-order valence-electron chi connectivity index (χ1n) is 13.4. The second kappa shape index (κ2) is 10.4. The van der Waals surface area contributed by atoms with Crippen LogP contribution in [-0.2, 0) is 0 Å². The van der Waals surface area contributed by atoms with E-state index in [1.54, 1.807) is 0 Å². The SMILES string of the molecule is c1ccc(-c2cc(-c3ccccc3)cc(-c3ccnc(-c4ccc(-c5cccc6cccnc56)cc4)n3)c2)cc1. The van der Waals surface area contributed by atoms with Gasteiger partial charge in [0.25, 0.3) is 0 Å². The molecule has 0 aliphatic heterocycles. The lowest BCUT2D eigenvalue weighted by Crippen LogP contribution is -1.93. The van der Waals surface area contributed by atoms with Gasteiger partial charge in [-0.15, -0.1) is 0 Å². The van der Waals surface area contributed by atoms with Gasteiger partial charge in [-0.2, -0.15) is 0 Å². The molecule has 0 amide bonds. The van der Waals surface area contributed by atoms with E-state index in [0.717, 1.165) is 50.0 Å². The second-order valence-corrected chi connectivity index (χ2v) is 9.75. The first-order chi connectivity index (χ1) is 19.8. The fourth-order valence-corrected chi connectivity index (χ4v) is 5.16. The van der Waals surface area contributed by atoms with Gasteiger partial charge in [0.05, 0.1) is 11.2 Å². The molecule has 7 rings (SSSR count). The van der Waals surface area contributed by atoms with Crippen molar-refractivity contribution in [3.63, 3.8) is 0 Å². The summed E-state index contributed by atoms with van der Waals surface area (Å²) in [5, 5.41) is 1.13. The minimum absolute atomic E-state index is 0.700. The normalized spacial score (nSPS) is 11.0. The maximum atomic E-state index is 5.01. The van der Waals surface area contributed by atoms with Crippen LogP contribution < -0.4 is 0 Å². The zero-order valence-electron chi connectivity index (χ0n) is 21.8. The van der Waals surface area contributed by atoms with Crippen molar-refractivity contribution in [2.45, 2.75) is 0 Å². The van der Waals surface area contributed by atoms with Gasteiger partial charge in [0.15, 0.2) is 5.82 Å². The summed E-state index contributed by atoms with van der Waals surface area (Å²) in [6.07, 6.45) is 3.69. The smallest absolute Gasteiger partial charge is 0.159 e. The number of para-hydroxylation sites is 1. The third-order valence-electron chi connectivity index (χ3n) is 7.19. The number of fused-ring (bicyclic) bond motifs is 1. The lowest BCUT2D eigenvalue weighted by atomic mass is 9.95. The number of nitrogens with zero attached hydrogens (tertiary/aromatic N) is 3. The van der Waals surface area contributed by atoms with Crippen molar-refractivity contribution in [2.24, 2.45) is 0 Å². The van der Waals surface area contributed by atoms with E-state index in [2.05, 4.69) is 125 Å². The molecule has 0 unspecified atom stereocenters. The molecule has 40 heavy (non-hydrogen) atoms. The molecule has 3 nitrogen and oxygen atoms in total. The summed E-state index contributed by atoms with van der Waals surface area (Å²) in [5.74, 6) is 0.700. The van der Waals surface area contributed by atoms with Crippen molar-refractivity contribution in [3.8, 4) is 56.0 Å². The van der Waals surface area contributed by atoms with Crippen LogP contribution in [0.3, 0.4) is 0 Å². The van der Waals surface area contributed by atoms with Gasteiger partial charge < -0.3 is 0 Å². The quantitative estimate of drug-likeness (QED) is 0.231. The zero-order valence-corrected chi connectivity index (χ0v) is 21.8. The van der Waals surface area contributed by atoms with Crippen LogP contribution in [-0.4, -0.2) is 15.0 Å². The fourth-order valence-electron chi connectivity index (χ4n) is 5.16. The minimum Gasteiger partial charge on any atom is -0.256 e. The summed E-state index contributed by atoms with van der Waals surface area (Å²) in [4.78, 5) is 14.3. The molecule has 0 spiro atoms. The van der Waals surface area contributed by atoms with Gasteiger partial charge in [-0.05, 0) is 58.1 Å². The topological polar surface area (TPSA) is 38.7 Å². The molecular formula is C37H25N3. The Bertz CT molecular complexity index is 1870. The number of pyridine rings is 1. The molecule has 0 saturated carbocycles. The van der Waals surface area contributed by atoms with E-state index in [0.29, 0.717) is 5.82 Å². The van der Waals surface area contributed by atoms with Crippen molar-refractivity contribution in [1.29, 1.82) is 0 Å². The summed E-state index contributed by atoms with van der Waals surface area (Å²) in [7, 11) is 0. The van der Waals surface area contributed by atoms with Crippen molar-refractivity contribution in [1.82, 2.24) is 15.0 Å². The lowest BCUT2D eigenvalue weighted by Gasteiger charge is -2.12. The van der Waals surface area contributed by atoms with Crippen LogP contribution in [0.25, 0.3) is 66.9 Å². The molecule has 188 valence electrons. The highest BCUT2D eigenvalue weighted by Gasteiger charge is 2.11. The fraction of sp³-hybridized carbons (Fsp3) is 0. The number of hydrogen-bond acceptors (Lipinski definition) is 3. The van der Waals surface area contributed by atoms with Crippen molar-refractivity contribution < 1.29 is 0 Å². The van der Waals surface area contributed by atoms with Gasteiger partial charge >= 0.3 is 0 Å². The molecule has 0 N–H and O–H groups in total. The van der Waals surface area contributed by atoms with Crippen LogP contribution in [0.15, 0.2) is 152 Å². The Morgan fingerprint density at radius 2 is 1.00 bits per heavy atom. The molecule has 3 heteroatoms. The maximum absolute atomic E-state index is 5.01. The van der Waals surface area contributed by atoms with Gasteiger partial charge in [-0.1, -0.05) is 109 Å². The van der Waals surface area contributed by atoms with Crippen molar-refractivity contribution in [2.75, 3.05) is 0 Å². The van der Waals surface area contributed by atoms with E-state index >= 15 is 0 Å². The van der Waals surface area contributed by atoms with Crippen LogP contribution in [0.1, 0.15) is 0 Å². The monoisotopic (exact) mass is 511 g/mol. The molecule has 2 heterocycles. The van der Waals surface area contributed by atoms with E-state index in [4.69, 9.17) is 4.98 Å². The summed E-state index contributed by atoms with van der Waals surface area (Å²) in [5.41, 5.74) is 10.8. The van der Waals surface area contributed by atoms with Crippen LogP contribution in [0.5, 0.6) is 0 Å². The Kier molecular flexibility index (Phi) is 6.15. The lowest BCUT2D eigenvalue weighted by molar-refractivity contribution is 1.18. The molecule has 2 aromatic heterocycles. The number of hydrogen-bond donors (Lipinski definition) is 0. The molecule has 7 aromatic rings. The summed E-state index contributed by atoms with van der Waals surface area (Å²) in [6, 6.07) is 48.4. The van der Waals surface area contributed by atoms with Gasteiger partial charge in [0, 0.05) is 34.5 Å². The molecule has 0 fully saturated rings. The highest BCUT2D eigenvalue weighted by atomic mass is 14.9. The molecule has 0 saturated heterocycles. The molecule has 0 radical (unpaired) electrons. The Morgan fingerprint density at radius 1 is 0.375 bits per heavy atom. The van der Waals surface area contributed by atoms with E-state index < -0.39 is 0 Å². The van der Waals surface area contributed by atoms with E-state index in [1.165, 1.54) is 11.1 Å². The number of aromatic nitrogens is 3.